The quantitative estimate of drug-likeness (QED) is 0.894. The first kappa shape index (κ1) is 18.6. The summed E-state index contributed by atoms with van der Waals surface area (Å²) in [6, 6.07) is 3.50. The summed E-state index contributed by atoms with van der Waals surface area (Å²) in [6.07, 6.45) is 11.7. The summed E-state index contributed by atoms with van der Waals surface area (Å²) in [5.41, 5.74) is 6.82. The number of aromatic nitrogens is 1. The molecule has 1 fully saturated rings. The zero-order valence-electron chi connectivity index (χ0n) is 10.8. The van der Waals surface area contributed by atoms with Gasteiger partial charge in [0, 0.05) is 17.5 Å². The molecule has 0 aliphatic heterocycles. The van der Waals surface area contributed by atoms with Crippen LogP contribution in [0.1, 0.15) is 75.9 Å². The van der Waals surface area contributed by atoms with Gasteiger partial charge in [-0.3, -0.25) is 9.78 Å². The summed E-state index contributed by atoms with van der Waals surface area (Å²) in [4.78, 5) is 15.5. The number of pyridine rings is 1. The van der Waals surface area contributed by atoms with Crippen molar-refractivity contribution in [3.63, 3.8) is 0 Å². The summed E-state index contributed by atoms with van der Waals surface area (Å²) in [6.45, 7) is 0. The van der Waals surface area contributed by atoms with Gasteiger partial charge in [-0.1, -0.05) is 47.0 Å². The van der Waals surface area contributed by atoms with Crippen molar-refractivity contribution in [3.05, 3.63) is 35.5 Å². The van der Waals surface area contributed by atoms with Gasteiger partial charge in [0.05, 0.1) is 0 Å². The van der Waals surface area contributed by atoms with Crippen molar-refractivity contribution in [2.75, 3.05) is 0 Å². The number of primary amides is 1. The molecular weight excluding hydrogens is 248 g/mol. The van der Waals surface area contributed by atoms with Gasteiger partial charge in [0.25, 0.3) is 0 Å². The van der Waals surface area contributed by atoms with Crippen LogP contribution in [0, 0.1) is 5.92 Å². The lowest BCUT2D eigenvalue weighted by atomic mass is 9.88. The van der Waals surface area contributed by atoms with Gasteiger partial charge < -0.3 is 5.73 Å². The molecule has 1 saturated carbocycles. The van der Waals surface area contributed by atoms with Crippen LogP contribution >= 0.6 is 0 Å². The molecule has 1 radical (unpaired) electrons. The van der Waals surface area contributed by atoms with E-state index in [4.69, 9.17) is 5.73 Å². The molecule has 3 nitrogen and oxygen atoms in total. The zero-order chi connectivity index (χ0) is 12.8. The smallest absolute Gasteiger partial charge is 0.248 e. The maximum absolute atomic E-state index is 11.1. The van der Waals surface area contributed by atoms with Gasteiger partial charge in [-0.2, -0.15) is 0 Å². The van der Waals surface area contributed by atoms with Crippen LogP contribution in [0.15, 0.2) is 18.3 Å². The van der Waals surface area contributed by atoms with Crippen LogP contribution in [0.4, 0.5) is 0 Å². The normalized spacial score (nSPS) is 16.2. The number of carbonyl (C=O) groups excluding carboxylic acids is 1. The number of nitrogens with two attached hydrogens (primary N) is 1. The van der Waals surface area contributed by atoms with Crippen LogP contribution in [-0.4, -0.2) is 10.9 Å². The lowest BCUT2D eigenvalue weighted by Gasteiger charge is -2.18. The Balaban J connectivity index is 0.00000180. The number of hydrogen-bond acceptors (Lipinski definition) is 2. The highest BCUT2D eigenvalue weighted by Gasteiger charge is 2.14. The molecule has 0 bridgehead atoms. The maximum atomic E-state index is 11.1. The van der Waals surface area contributed by atoms with Crippen LogP contribution in [0.3, 0.4) is 0 Å². The van der Waals surface area contributed by atoms with E-state index < -0.39 is 0 Å². The van der Waals surface area contributed by atoms with Crippen molar-refractivity contribution in [3.8, 4) is 0 Å². The third-order valence-corrected chi connectivity index (χ3v) is 3.59. The predicted molar refractivity (Wildman–Crippen MR) is 85.5 cm³/mol. The van der Waals surface area contributed by atoms with Crippen molar-refractivity contribution in [1.29, 1.82) is 0 Å². The minimum Gasteiger partial charge on any atom is -0.366 e. The molecule has 3 heteroatoms. The van der Waals surface area contributed by atoms with E-state index >= 15 is 0 Å². The van der Waals surface area contributed by atoms with E-state index in [0.29, 0.717) is 5.56 Å². The fraction of sp³-hybridized carbons (Fsp3) is 0.588. The average Bonchev–Trinajstić information content (AvgIpc) is 2.33. The second-order valence-electron chi connectivity index (χ2n) is 5.09. The minimum atomic E-state index is -0.374. The first-order valence-electron chi connectivity index (χ1n) is 6.84. The van der Waals surface area contributed by atoms with Crippen molar-refractivity contribution in [2.45, 2.75) is 66.2 Å². The fourth-order valence-corrected chi connectivity index (χ4v) is 2.57. The standard InChI is InChI=1S/C15H21N2O.2CH4/c16-15(18)13-8-9-17-14(11-13)10-12-6-4-2-1-3-5-7-12;;/h8-9,11H,1-7,10H2,(H2,16,18);2*1H4. The van der Waals surface area contributed by atoms with Crippen molar-refractivity contribution in [2.24, 2.45) is 5.73 Å². The lowest BCUT2D eigenvalue weighted by Crippen LogP contribution is -2.12. The van der Waals surface area contributed by atoms with Gasteiger partial charge >= 0.3 is 0 Å². The van der Waals surface area contributed by atoms with E-state index in [1.807, 2.05) is 6.07 Å². The highest BCUT2D eigenvalue weighted by Crippen LogP contribution is 2.26. The molecule has 0 spiro atoms. The molecule has 20 heavy (non-hydrogen) atoms. The van der Waals surface area contributed by atoms with Crippen LogP contribution < -0.4 is 5.73 Å². The van der Waals surface area contributed by atoms with Crippen molar-refractivity contribution >= 4 is 5.91 Å². The predicted octanol–water partition coefficient (Wildman–Crippen LogP) is 4.31. The average molecular weight is 277 g/mol. The molecule has 0 aromatic carbocycles. The number of nitrogens with zero attached hydrogens (tertiary/aromatic N) is 1. The van der Waals surface area contributed by atoms with Crippen molar-refractivity contribution < 1.29 is 4.79 Å². The molecule has 1 amide bonds. The fourth-order valence-electron chi connectivity index (χ4n) is 2.57. The first-order valence-corrected chi connectivity index (χ1v) is 6.84. The highest BCUT2D eigenvalue weighted by molar-refractivity contribution is 5.92. The first-order chi connectivity index (χ1) is 8.75. The zero-order valence-corrected chi connectivity index (χ0v) is 10.8. The Hall–Kier alpha value is -1.38. The number of carbonyl (C=O) groups is 1. The number of amides is 1. The molecule has 1 heterocycles. The Bertz CT molecular complexity index is 396. The molecule has 1 aliphatic carbocycles. The van der Waals surface area contributed by atoms with Crippen LogP contribution in [0.25, 0.3) is 0 Å². The molecule has 113 valence electrons. The Morgan fingerprint density at radius 1 is 1.10 bits per heavy atom. The number of hydrogen-bond donors (Lipinski definition) is 1. The summed E-state index contributed by atoms with van der Waals surface area (Å²) < 4.78 is 0. The van der Waals surface area contributed by atoms with Gasteiger partial charge in [0.1, 0.15) is 0 Å². The SMILES string of the molecule is C.C.NC(=O)c1ccnc(C[C]2CCCCCCC2)c1. The summed E-state index contributed by atoms with van der Waals surface area (Å²) in [5.74, 6) is 1.20. The second kappa shape index (κ2) is 9.51. The largest absolute Gasteiger partial charge is 0.366 e. The molecule has 2 rings (SSSR count). The minimum absolute atomic E-state index is 0. The summed E-state index contributed by atoms with van der Waals surface area (Å²) in [7, 11) is 0. The van der Waals surface area contributed by atoms with Crippen LogP contribution in [0.5, 0.6) is 0 Å². The molecular formula is C17H29N2O. The molecule has 0 atom stereocenters. The van der Waals surface area contributed by atoms with Gasteiger partial charge in [-0.15, -0.1) is 0 Å². The molecule has 1 aromatic heterocycles. The maximum Gasteiger partial charge on any atom is 0.248 e. The molecule has 1 aromatic rings. The van der Waals surface area contributed by atoms with E-state index in [1.165, 1.54) is 44.9 Å². The highest BCUT2D eigenvalue weighted by atomic mass is 16.1. The van der Waals surface area contributed by atoms with E-state index in [2.05, 4.69) is 4.98 Å². The van der Waals surface area contributed by atoms with Crippen molar-refractivity contribution in [1.82, 2.24) is 4.98 Å². The van der Waals surface area contributed by atoms with Gasteiger partial charge in [-0.05, 0) is 37.3 Å². The topological polar surface area (TPSA) is 56.0 Å². The van der Waals surface area contributed by atoms with Gasteiger partial charge in [0.15, 0.2) is 0 Å². The van der Waals surface area contributed by atoms with E-state index in [9.17, 15) is 4.79 Å². The third-order valence-electron chi connectivity index (χ3n) is 3.59. The summed E-state index contributed by atoms with van der Waals surface area (Å²) in [5, 5.41) is 0. The lowest BCUT2D eigenvalue weighted by molar-refractivity contribution is 0.1000. The van der Waals surface area contributed by atoms with Crippen LogP contribution in [-0.2, 0) is 6.42 Å². The monoisotopic (exact) mass is 277 g/mol. The van der Waals surface area contributed by atoms with E-state index in [1.54, 1.807) is 18.2 Å². The Morgan fingerprint density at radius 2 is 1.70 bits per heavy atom. The molecule has 0 unspecified atom stereocenters. The number of rotatable bonds is 3. The van der Waals surface area contributed by atoms with Gasteiger partial charge in [-0.25, -0.2) is 0 Å². The van der Waals surface area contributed by atoms with E-state index in [0.717, 1.165) is 12.1 Å². The van der Waals surface area contributed by atoms with E-state index in [-0.39, 0.29) is 20.8 Å². The van der Waals surface area contributed by atoms with Crippen LogP contribution in [0.2, 0.25) is 0 Å². The van der Waals surface area contributed by atoms with Gasteiger partial charge in [0.2, 0.25) is 5.91 Å². The second-order valence-corrected chi connectivity index (χ2v) is 5.09. The summed E-state index contributed by atoms with van der Waals surface area (Å²) >= 11 is 0. The Kier molecular flexibility index (Phi) is 8.86. The Labute approximate surface area is 124 Å². The molecule has 0 saturated heterocycles. The molecule has 1 aliphatic rings. The molecule has 2 N–H and O–H groups in total. The Morgan fingerprint density at radius 3 is 2.30 bits per heavy atom. The third kappa shape index (κ3) is 5.72.